The Morgan fingerprint density at radius 2 is 2.20 bits per heavy atom. The first kappa shape index (κ1) is 15.9. The number of thiazole rings is 1. The first-order valence-electron chi connectivity index (χ1n) is 8.05. The fourth-order valence-corrected chi connectivity index (χ4v) is 4.08. The van der Waals surface area contributed by atoms with Crippen LogP contribution in [0.3, 0.4) is 0 Å². The Hall–Kier alpha value is -0.450. The van der Waals surface area contributed by atoms with Crippen LogP contribution in [0.2, 0.25) is 0 Å². The van der Waals surface area contributed by atoms with Gasteiger partial charge in [-0.2, -0.15) is 0 Å². The Labute approximate surface area is 127 Å². The summed E-state index contributed by atoms with van der Waals surface area (Å²) in [6.45, 7) is 13.3. The molecule has 0 aliphatic carbocycles. The molecule has 1 aliphatic heterocycles. The van der Waals surface area contributed by atoms with Crippen molar-refractivity contribution in [3.05, 3.63) is 15.6 Å². The van der Waals surface area contributed by atoms with Crippen molar-refractivity contribution in [2.75, 3.05) is 13.1 Å². The van der Waals surface area contributed by atoms with Gasteiger partial charge in [0.1, 0.15) is 5.01 Å². The zero-order valence-electron chi connectivity index (χ0n) is 13.4. The Bertz CT molecular complexity index is 414. The first-order valence-corrected chi connectivity index (χ1v) is 8.86. The summed E-state index contributed by atoms with van der Waals surface area (Å²) in [4.78, 5) is 8.96. The van der Waals surface area contributed by atoms with Crippen LogP contribution < -0.4 is 5.32 Å². The zero-order valence-corrected chi connectivity index (χ0v) is 14.2. The largest absolute Gasteiger partial charge is 0.312 e. The van der Waals surface area contributed by atoms with Crippen molar-refractivity contribution in [3.63, 3.8) is 0 Å². The molecule has 1 fully saturated rings. The number of piperidine rings is 1. The Morgan fingerprint density at radius 1 is 1.40 bits per heavy atom. The molecule has 0 bridgehead atoms. The Morgan fingerprint density at radius 3 is 2.85 bits per heavy atom. The van der Waals surface area contributed by atoms with Crippen LogP contribution in [0.15, 0.2) is 0 Å². The molecule has 1 saturated heterocycles. The van der Waals surface area contributed by atoms with E-state index in [0.717, 1.165) is 19.6 Å². The van der Waals surface area contributed by atoms with E-state index in [1.165, 1.54) is 41.4 Å². The molecular formula is C16H29N3S. The van der Waals surface area contributed by atoms with Crippen molar-refractivity contribution >= 4 is 11.3 Å². The molecule has 4 heteroatoms. The molecule has 1 N–H and O–H groups in total. The molecule has 0 aromatic carbocycles. The predicted octanol–water partition coefficient (Wildman–Crippen LogP) is 3.75. The highest BCUT2D eigenvalue weighted by Crippen LogP contribution is 2.27. The summed E-state index contributed by atoms with van der Waals surface area (Å²) in [6, 6.07) is 0.715. The normalized spacial score (nSPS) is 20.8. The maximum atomic E-state index is 4.93. The number of likely N-dealkylation sites (tertiary alicyclic amines) is 1. The highest BCUT2D eigenvalue weighted by molar-refractivity contribution is 7.11. The van der Waals surface area contributed by atoms with E-state index in [2.05, 4.69) is 37.9 Å². The van der Waals surface area contributed by atoms with Gasteiger partial charge in [-0.1, -0.05) is 27.2 Å². The molecule has 0 spiro atoms. The third-order valence-corrected chi connectivity index (χ3v) is 5.19. The van der Waals surface area contributed by atoms with E-state index in [1.807, 2.05) is 11.3 Å². The van der Waals surface area contributed by atoms with Gasteiger partial charge in [-0.05, 0) is 38.8 Å². The molecule has 1 atom stereocenters. The van der Waals surface area contributed by atoms with E-state index < -0.39 is 0 Å². The molecule has 0 amide bonds. The Kier molecular flexibility index (Phi) is 6.00. The lowest BCUT2D eigenvalue weighted by atomic mass is 10.0. The quantitative estimate of drug-likeness (QED) is 0.866. The molecule has 1 aliphatic rings. The van der Waals surface area contributed by atoms with Gasteiger partial charge in [-0.15, -0.1) is 11.3 Å². The first-order chi connectivity index (χ1) is 9.61. The maximum Gasteiger partial charge on any atom is 0.107 e. The minimum atomic E-state index is 0.521. The molecule has 1 aromatic rings. The lowest BCUT2D eigenvalue weighted by molar-refractivity contribution is 0.152. The van der Waals surface area contributed by atoms with E-state index in [-0.39, 0.29) is 0 Å². The summed E-state index contributed by atoms with van der Waals surface area (Å²) in [5.74, 6) is 0.521. The standard InChI is InChI=1S/C16H29N3S/c1-5-17-10-14-16(12(2)3)18-15(20-14)11-19-9-7-6-8-13(19)4/h12-13,17H,5-11H2,1-4H3. The predicted molar refractivity (Wildman–Crippen MR) is 87.3 cm³/mol. The molecule has 0 radical (unpaired) electrons. The van der Waals surface area contributed by atoms with Crippen LogP contribution in [-0.4, -0.2) is 29.0 Å². The molecule has 20 heavy (non-hydrogen) atoms. The van der Waals surface area contributed by atoms with Crippen molar-refractivity contribution < 1.29 is 0 Å². The van der Waals surface area contributed by atoms with Crippen molar-refractivity contribution in [3.8, 4) is 0 Å². The molecule has 3 nitrogen and oxygen atoms in total. The number of hydrogen-bond donors (Lipinski definition) is 1. The minimum Gasteiger partial charge on any atom is -0.312 e. The highest BCUT2D eigenvalue weighted by Gasteiger charge is 2.21. The SMILES string of the molecule is CCNCc1sc(CN2CCCCC2C)nc1C(C)C. The van der Waals surface area contributed by atoms with Crippen LogP contribution >= 0.6 is 11.3 Å². The highest BCUT2D eigenvalue weighted by atomic mass is 32.1. The van der Waals surface area contributed by atoms with Crippen LogP contribution in [0.1, 0.15) is 68.5 Å². The van der Waals surface area contributed by atoms with Crippen molar-refractivity contribution in [2.45, 2.75) is 72.0 Å². The van der Waals surface area contributed by atoms with Crippen LogP contribution in [-0.2, 0) is 13.1 Å². The van der Waals surface area contributed by atoms with Crippen molar-refractivity contribution in [1.29, 1.82) is 0 Å². The van der Waals surface area contributed by atoms with Crippen molar-refractivity contribution in [1.82, 2.24) is 15.2 Å². The van der Waals surface area contributed by atoms with Gasteiger partial charge >= 0.3 is 0 Å². The number of nitrogens with zero attached hydrogens (tertiary/aromatic N) is 2. The van der Waals surface area contributed by atoms with Gasteiger partial charge in [0.05, 0.1) is 12.2 Å². The van der Waals surface area contributed by atoms with Gasteiger partial charge in [0.2, 0.25) is 0 Å². The number of aromatic nitrogens is 1. The zero-order chi connectivity index (χ0) is 14.5. The molecule has 2 rings (SSSR count). The van der Waals surface area contributed by atoms with Crippen LogP contribution in [0.5, 0.6) is 0 Å². The van der Waals surface area contributed by atoms with Gasteiger partial charge in [0.25, 0.3) is 0 Å². The van der Waals surface area contributed by atoms with Gasteiger partial charge in [-0.25, -0.2) is 4.98 Å². The summed E-state index contributed by atoms with van der Waals surface area (Å²) in [7, 11) is 0. The summed E-state index contributed by atoms with van der Waals surface area (Å²) in [5.41, 5.74) is 1.30. The van der Waals surface area contributed by atoms with Crippen LogP contribution in [0.4, 0.5) is 0 Å². The van der Waals surface area contributed by atoms with Crippen molar-refractivity contribution in [2.24, 2.45) is 0 Å². The summed E-state index contributed by atoms with van der Waals surface area (Å²) >= 11 is 1.91. The number of hydrogen-bond acceptors (Lipinski definition) is 4. The average molecular weight is 295 g/mol. The second-order valence-electron chi connectivity index (χ2n) is 6.17. The van der Waals surface area contributed by atoms with E-state index in [1.54, 1.807) is 0 Å². The van der Waals surface area contributed by atoms with Gasteiger partial charge in [0, 0.05) is 17.5 Å². The van der Waals surface area contributed by atoms with E-state index in [9.17, 15) is 0 Å². The molecule has 0 saturated carbocycles. The second-order valence-corrected chi connectivity index (χ2v) is 7.33. The second kappa shape index (κ2) is 7.53. The van der Waals surface area contributed by atoms with Gasteiger partial charge in [-0.3, -0.25) is 4.90 Å². The van der Waals surface area contributed by atoms with E-state index in [0.29, 0.717) is 12.0 Å². The lowest BCUT2D eigenvalue weighted by Crippen LogP contribution is -2.36. The summed E-state index contributed by atoms with van der Waals surface area (Å²) in [6.07, 6.45) is 4.07. The topological polar surface area (TPSA) is 28.2 Å². The molecular weight excluding hydrogens is 266 g/mol. The fraction of sp³-hybridized carbons (Fsp3) is 0.812. The molecule has 1 unspecified atom stereocenters. The summed E-state index contributed by atoms with van der Waals surface area (Å²) < 4.78 is 0. The third kappa shape index (κ3) is 4.03. The lowest BCUT2D eigenvalue weighted by Gasteiger charge is -2.32. The van der Waals surface area contributed by atoms with Gasteiger partial charge in [0.15, 0.2) is 0 Å². The van der Waals surface area contributed by atoms with Crippen LogP contribution in [0, 0.1) is 0 Å². The summed E-state index contributed by atoms with van der Waals surface area (Å²) in [5, 5.41) is 4.74. The Balaban J connectivity index is 2.07. The van der Waals surface area contributed by atoms with E-state index in [4.69, 9.17) is 4.98 Å². The molecule has 114 valence electrons. The third-order valence-electron chi connectivity index (χ3n) is 4.13. The monoisotopic (exact) mass is 295 g/mol. The molecule has 2 heterocycles. The minimum absolute atomic E-state index is 0.521. The average Bonchev–Trinajstić information content (AvgIpc) is 2.82. The van der Waals surface area contributed by atoms with E-state index >= 15 is 0 Å². The van der Waals surface area contributed by atoms with Gasteiger partial charge < -0.3 is 5.32 Å². The van der Waals surface area contributed by atoms with Crippen LogP contribution in [0.25, 0.3) is 0 Å². The fourth-order valence-electron chi connectivity index (χ4n) is 2.86. The molecule has 1 aromatic heterocycles. The smallest absolute Gasteiger partial charge is 0.107 e. The number of nitrogens with one attached hydrogen (secondary N) is 1. The number of rotatable bonds is 6. The maximum absolute atomic E-state index is 4.93.